The number of nitrogens with one attached hydrogen (secondary N) is 1. The number of carbonyl (C=O) groups excluding carboxylic acids is 1. The molecule has 6 nitrogen and oxygen atoms in total. The number of nitro groups is 1. The summed E-state index contributed by atoms with van der Waals surface area (Å²) in [5.41, 5.74) is 5.01. The summed E-state index contributed by atoms with van der Waals surface area (Å²) in [5.74, 6) is -1.42. The third-order valence-corrected chi connectivity index (χ3v) is 2.98. The third-order valence-electron chi connectivity index (χ3n) is 2.69. The van der Waals surface area contributed by atoms with Crippen molar-refractivity contribution in [2.24, 2.45) is 0 Å². The van der Waals surface area contributed by atoms with Crippen molar-refractivity contribution in [1.82, 2.24) is 0 Å². The van der Waals surface area contributed by atoms with Crippen LogP contribution < -0.4 is 11.1 Å². The largest absolute Gasteiger partial charge is 0.393 e. The van der Waals surface area contributed by atoms with E-state index in [9.17, 15) is 19.3 Å². The Morgan fingerprint density at radius 3 is 2.67 bits per heavy atom. The molecule has 0 aliphatic rings. The van der Waals surface area contributed by atoms with Crippen LogP contribution in [0.5, 0.6) is 0 Å². The highest BCUT2D eigenvalue weighted by Crippen LogP contribution is 2.25. The Morgan fingerprint density at radius 2 is 2.05 bits per heavy atom. The molecule has 2 rings (SSSR count). The van der Waals surface area contributed by atoms with Crippen molar-refractivity contribution < 1.29 is 14.1 Å². The minimum Gasteiger partial charge on any atom is -0.393 e. The van der Waals surface area contributed by atoms with Gasteiger partial charge in [0.25, 0.3) is 11.6 Å². The number of nitro benzene ring substituents is 1. The van der Waals surface area contributed by atoms with Gasteiger partial charge in [0, 0.05) is 11.6 Å². The second-order valence-corrected chi connectivity index (χ2v) is 4.49. The van der Waals surface area contributed by atoms with E-state index in [1.807, 2.05) is 0 Å². The van der Waals surface area contributed by atoms with E-state index < -0.39 is 16.6 Å². The smallest absolute Gasteiger partial charge is 0.292 e. The number of nitrogens with zero attached hydrogens (tertiary/aromatic N) is 1. The van der Waals surface area contributed by atoms with E-state index in [0.29, 0.717) is 0 Å². The second kappa shape index (κ2) is 5.76. The zero-order valence-corrected chi connectivity index (χ0v) is 11.2. The molecular weight excluding hydrogens is 301 g/mol. The zero-order chi connectivity index (χ0) is 15.6. The van der Waals surface area contributed by atoms with Crippen molar-refractivity contribution in [1.29, 1.82) is 0 Å². The van der Waals surface area contributed by atoms with E-state index in [-0.39, 0.29) is 27.6 Å². The number of halogens is 2. The average Bonchev–Trinajstić information content (AvgIpc) is 2.43. The standard InChI is InChI=1S/C13H9ClFN3O3/c14-8-2-1-3-10(12(8)15)17-13(19)7-4-5-11(18(20)21)9(16)6-7/h1-6H,16H2,(H,17,19). The molecule has 0 saturated heterocycles. The first kappa shape index (κ1) is 14.7. The van der Waals surface area contributed by atoms with E-state index in [4.69, 9.17) is 17.3 Å². The predicted octanol–water partition coefficient (Wildman–Crippen LogP) is 3.22. The molecule has 0 bridgehead atoms. The number of hydrogen-bond donors (Lipinski definition) is 2. The van der Waals surface area contributed by atoms with Crippen LogP contribution in [0.2, 0.25) is 5.02 Å². The van der Waals surface area contributed by atoms with E-state index in [1.54, 1.807) is 0 Å². The number of benzene rings is 2. The normalized spacial score (nSPS) is 10.2. The van der Waals surface area contributed by atoms with Gasteiger partial charge in [0.1, 0.15) is 5.69 Å². The molecule has 21 heavy (non-hydrogen) atoms. The Kier molecular flexibility index (Phi) is 4.04. The molecule has 0 saturated carbocycles. The summed E-state index contributed by atoms with van der Waals surface area (Å²) in [4.78, 5) is 21.9. The highest BCUT2D eigenvalue weighted by atomic mass is 35.5. The molecular formula is C13H9ClFN3O3. The molecule has 2 aromatic rings. The highest BCUT2D eigenvalue weighted by molar-refractivity contribution is 6.31. The van der Waals surface area contributed by atoms with Gasteiger partial charge < -0.3 is 11.1 Å². The fourth-order valence-corrected chi connectivity index (χ4v) is 1.83. The number of nitrogen functional groups attached to an aromatic ring is 1. The van der Waals surface area contributed by atoms with Crippen molar-refractivity contribution in [2.75, 3.05) is 11.1 Å². The predicted molar refractivity (Wildman–Crippen MR) is 76.9 cm³/mol. The summed E-state index contributed by atoms with van der Waals surface area (Å²) < 4.78 is 13.7. The maximum atomic E-state index is 13.7. The van der Waals surface area contributed by atoms with E-state index >= 15 is 0 Å². The summed E-state index contributed by atoms with van der Waals surface area (Å²) in [5, 5.41) is 12.8. The Labute approximate surface area is 123 Å². The lowest BCUT2D eigenvalue weighted by Gasteiger charge is -2.07. The first-order valence-electron chi connectivity index (χ1n) is 5.69. The van der Waals surface area contributed by atoms with Crippen molar-refractivity contribution in [3.63, 3.8) is 0 Å². The number of anilines is 2. The van der Waals surface area contributed by atoms with Gasteiger partial charge in [-0.3, -0.25) is 14.9 Å². The first-order valence-corrected chi connectivity index (χ1v) is 6.07. The van der Waals surface area contributed by atoms with Gasteiger partial charge in [-0.1, -0.05) is 17.7 Å². The summed E-state index contributed by atoms with van der Waals surface area (Å²) in [7, 11) is 0. The lowest BCUT2D eigenvalue weighted by atomic mass is 10.1. The zero-order valence-electron chi connectivity index (χ0n) is 10.5. The summed E-state index contributed by atoms with van der Waals surface area (Å²) >= 11 is 5.60. The maximum absolute atomic E-state index is 13.7. The number of amides is 1. The van der Waals surface area contributed by atoms with Gasteiger partial charge >= 0.3 is 0 Å². The Bertz CT molecular complexity index is 737. The van der Waals surface area contributed by atoms with E-state index in [0.717, 1.165) is 12.1 Å². The van der Waals surface area contributed by atoms with Gasteiger partial charge in [0.15, 0.2) is 5.82 Å². The molecule has 2 aromatic carbocycles. The Balaban J connectivity index is 2.27. The number of nitrogens with two attached hydrogens (primary N) is 1. The lowest BCUT2D eigenvalue weighted by Crippen LogP contribution is -2.13. The molecule has 0 aliphatic heterocycles. The van der Waals surface area contributed by atoms with Crippen molar-refractivity contribution in [3.8, 4) is 0 Å². The second-order valence-electron chi connectivity index (χ2n) is 4.09. The molecule has 0 atom stereocenters. The van der Waals surface area contributed by atoms with Crippen molar-refractivity contribution >= 4 is 34.6 Å². The van der Waals surface area contributed by atoms with Crippen molar-refractivity contribution in [2.45, 2.75) is 0 Å². The molecule has 1 amide bonds. The SMILES string of the molecule is Nc1cc(C(=O)Nc2cccc(Cl)c2F)ccc1[N+](=O)[O-]. The molecule has 3 N–H and O–H groups in total. The van der Waals surface area contributed by atoms with Gasteiger partial charge in [0.2, 0.25) is 0 Å². The van der Waals surface area contributed by atoms with Crippen LogP contribution in [0.3, 0.4) is 0 Å². The molecule has 108 valence electrons. The molecule has 0 spiro atoms. The van der Waals surface area contributed by atoms with Crippen molar-refractivity contribution in [3.05, 3.63) is 62.9 Å². The summed E-state index contributed by atoms with van der Waals surface area (Å²) in [6.07, 6.45) is 0. The molecule has 0 unspecified atom stereocenters. The number of rotatable bonds is 3. The van der Waals surface area contributed by atoms with Crippen LogP contribution in [0.25, 0.3) is 0 Å². The monoisotopic (exact) mass is 309 g/mol. The summed E-state index contributed by atoms with van der Waals surface area (Å²) in [6.45, 7) is 0. The molecule has 0 radical (unpaired) electrons. The maximum Gasteiger partial charge on any atom is 0.292 e. The van der Waals surface area contributed by atoms with Gasteiger partial charge in [-0.15, -0.1) is 0 Å². The van der Waals surface area contributed by atoms with Crippen LogP contribution in [-0.2, 0) is 0 Å². The highest BCUT2D eigenvalue weighted by Gasteiger charge is 2.16. The topological polar surface area (TPSA) is 98.3 Å². The van der Waals surface area contributed by atoms with Gasteiger partial charge in [0.05, 0.1) is 15.6 Å². The minimum absolute atomic E-state index is 0.0671. The molecule has 8 heteroatoms. The van der Waals surface area contributed by atoms with Gasteiger partial charge in [-0.05, 0) is 24.3 Å². The van der Waals surface area contributed by atoms with Crippen LogP contribution in [0.4, 0.5) is 21.5 Å². The van der Waals surface area contributed by atoms with Gasteiger partial charge in [-0.25, -0.2) is 4.39 Å². The number of hydrogen-bond acceptors (Lipinski definition) is 4. The molecule has 0 aliphatic carbocycles. The van der Waals surface area contributed by atoms with Crippen LogP contribution >= 0.6 is 11.6 Å². The van der Waals surface area contributed by atoms with Gasteiger partial charge in [-0.2, -0.15) is 0 Å². The number of carbonyl (C=O) groups is 1. The summed E-state index contributed by atoms with van der Waals surface area (Å²) in [6, 6.07) is 7.65. The quantitative estimate of drug-likeness (QED) is 0.516. The fourth-order valence-electron chi connectivity index (χ4n) is 1.66. The minimum atomic E-state index is -0.762. The van der Waals surface area contributed by atoms with E-state index in [1.165, 1.54) is 24.3 Å². The average molecular weight is 310 g/mol. The molecule has 0 heterocycles. The van der Waals surface area contributed by atoms with Crippen LogP contribution in [0.15, 0.2) is 36.4 Å². The van der Waals surface area contributed by atoms with Crippen LogP contribution in [0, 0.1) is 15.9 Å². The lowest BCUT2D eigenvalue weighted by molar-refractivity contribution is -0.383. The molecule has 0 aromatic heterocycles. The third kappa shape index (κ3) is 3.09. The van der Waals surface area contributed by atoms with Crippen LogP contribution in [-0.4, -0.2) is 10.8 Å². The Hall–Kier alpha value is -2.67. The van der Waals surface area contributed by atoms with E-state index in [2.05, 4.69) is 5.32 Å². The Morgan fingerprint density at radius 1 is 1.33 bits per heavy atom. The first-order chi connectivity index (χ1) is 9.90. The fraction of sp³-hybridized carbons (Fsp3) is 0. The molecule has 0 fully saturated rings. The van der Waals surface area contributed by atoms with Crippen LogP contribution in [0.1, 0.15) is 10.4 Å².